The van der Waals surface area contributed by atoms with Gasteiger partial charge < -0.3 is 18.9 Å². The number of fused-ring (bicyclic) bond motifs is 1. The molecule has 26 heavy (non-hydrogen) atoms. The molecule has 3 fully saturated rings. The normalized spacial score (nSPS) is 34.3. The van der Waals surface area contributed by atoms with Crippen molar-refractivity contribution in [3.8, 4) is 0 Å². The van der Waals surface area contributed by atoms with Crippen molar-refractivity contribution in [1.29, 1.82) is 0 Å². The first-order valence-corrected chi connectivity index (χ1v) is 8.64. The Morgan fingerprint density at radius 1 is 1.27 bits per heavy atom. The van der Waals surface area contributed by atoms with Crippen LogP contribution in [0.1, 0.15) is 40.0 Å². The summed E-state index contributed by atoms with van der Waals surface area (Å²) in [5.74, 6) is -5.35. The summed E-state index contributed by atoms with van der Waals surface area (Å²) in [7, 11) is 0. The first kappa shape index (κ1) is 19.0. The van der Waals surface area contributed by atoms with Crippen LogP contribution in [0.2, 0.25) is 0 Å². The van der Waals surface area contributed by atoms with Gasteiger partial charge in [0, 0.05) is 6.92 Å². The predicted molar refractivity (Wildman–Crippen MR) is 81.1 cm³/mol. The lowest BCUT2D eigenvalue weighted by atomic mass is 9.83. The van der Waals surface area contributed by atoms with Crippen LogP contribution in [-0.2, 0) is 33.3 Å². The van der Waals surface area contributed by atoms with E-state index in [0.29, 0.717) is 13.3 Å². The Hall–Kier alpha value is -1.77. The van der Waals surface area contributed by atoms with Crippen LogP contribution >= 0.6 is 0 Å². The van der Waals surface area contributed by atoms with Crippen molar-refractivity contribution >= 4 is 17.9 Å². The van der Waals surface area contributed by atoms with Gasteiger partial charge in [0.05, 0.1) is 23.9 Å². The number of hydrogen-bond acceptors (Lipinski definition) is 7. The molecule has 0 aliphatic carbocycles. The number of esters is 3. The molecule has 3 aliphatic rings. The largest absolute Gasteiger partial charge is 0.459 e. The van der Waals surface area contributed by atoms with Crippen molar-refractivity contribution in [3.63, 3.8) is 0 Å². The molecule has 6 unspecified atom stereocenters. The molecule has 0 aromatic carbocycles. The van der Waals surface area contributed by atoms with E-state index in [-0.39, 0.29) is 24.7 Å². The standard InChI is InChI=1S/C17H22F2O7/c1-4-16(2,6-10(20)23-7-17(3,18)19)15(22)26-12-9-5-8-11(24-9)13(12)25-14(8)21/h8-9,11-13H,4-7H2,1-3H3. The molecule has 3 saturated heterocycles. The minimum atomic E-state index is -3.14. The second-order valence-electron chi connectivity index (χ2n) is 7.57. The highest BCUT2D eigenvalue weighted by Crippen LogP contribution is 2.48. The van der Waals surface area contributed by atoms with E-state index in [4.69, 9.17) is 14.2 Å². The summed E-state index contributed by atoms with van der Waals surface area (Å²) in [4.78, 5) is 36.2. The summed E-state index contributed by atoms with van der Waals surface area (Å²) in [6.07, 6.45) is -1.83. The third-order valence-electron chi connectivity index (χ3n) is 5.32. The Bertz CT molecular complexity index is 617. The number of hydrogen-bond donors (Lipinski definition) is 0. The summed E-state index contributed by atoms with van der Waals surface area (Å²) < 4.78 is 46.6. The highest BCUT2D eigenvalue weighted by atomic mass is 19.3. The molecule has 3 heterocycles. The van der Waals surface area contributed by atoms with Crippen molar-refractivity contribution in [3.05, 3.63) is 0 Å². The Kier molecular flexibility index (Phi) is 4.71. The van der Waals surface area contributed by atoms with E-state index in [2.05, 4.69) is 4.74 Å². The quantitative estimate of drug-likeness (QED) is 0.493. The van der Waals surface area contributed by atoms with Gasteiger partial charge in [0.25, 0.3) is 5.92 Å². The molecular formula is C17H22F2O7. The fourth-order valence-corrected chi connectivity index (χ4v) is 3.57. The highest BCUT2D eigenvalue weighted by molar-refractivity contribution is 5.83. The summed E-state index contributed by atoms with van der Waals surface area (Å²) >= 11 is 0. The Balaban J connectivity index is 1.60. The number of carbonyl (C=O) groups excluding carboxylic acids is 3. The lowest BCUT2D eigenvalue weighted by Gasteiger charge is -2.29. The van der Waals surface area contributed by atoms with Crippen LogP contribution in [0.25, 0.3) is 0 Å². The molecule has 0 aromatic rings. The van der Waals surface area contributed by atoms with E-state index in [0.717, 1.165) is 0 Å². The molecule has 3 aliphatic heterocycles. The summed E-state index contributed by atoms with van der Waals surface area (Å²) in [6, 6.07) is 0. The number of carbonyl (C=O) groups is 3. The smallest absolute Gasteiger partial charge is 0.312 e. The van der Waals surface area contributed by atoms with E-state index < -0.39 is 54.3 Å². The molecule has 0 amide bonds. The molecule has 7 nitrogen and oxygen atoms in total. The van der Waals surface area contributed by atoms with Crippen LogP contribution in [0.3, 0.4) is 0 Å². The molecule has 0 N–H and O–H groups in total. The molecular weight excluding hydrogens is 354 g/mol. The van der Waals surface area contributed by atoms with Crippen LogP contribution in [0, 0.1) is 11.3 Å². The zero-order valence-electron chi connectivity index (χ0n) is 14.8. The van der Waals surface area contributed by atoms with Crippen LogP contribution in [-0.4, -0.2) is 54.9 Å². The van der Waals surface area contributed by atoms with E-state index >= 15 is 0 Å². The molecule has 0 spiro atoms. The Morgan fingerprint density at radius 2 is 1.96 bits per heavy atom. The van der Waals surface area contributed by atoms with Gasteiger partial charge >= 0.3 is 17.9 Å². The second-order valence-corrected chi connectivity index (χ2v) is 7.57. The molecule has 3 rings (SSSR count). The maximum absolute atomic E-state index is 12.8. The molecule has 6 atom stereocenters. The average molecular weight is 376 g/mol. The third-order valence-corrected chi connectivity index (χ3v) is 5.32. The zero-order valence-corrected chi connectivity index (χ0v) is 14.8. The fourth-order valence-electron chi connectivity index (χ4n) is 3.57. The lowest BCUT2D eigenvalue weighted by Crippen LogP contribution is -2.44. The SMILES string of the molecule is CCC(C)(CC(=O)OCC(C)(F)F)C(=O)OC1C2CC3C(=O)OC1C3O2. The molecule has 0 aromatic heterocycles. The minimum Gasteiger partial charge on any atom is -0.459 e. The van der Waals surface area contributed by atoms with Gasteiger partial charge in [-0.3, -0.25) is 14.4 Å². The fraction of sp³-hybridized carbons (Fsp3) is 0.824. The van der Waals surface area contributed by atoms with Gasteiger partial charge in [-0.25, -0.2) is 8.78 Å². The van der Waals surface area contributed by atoms with E-state index in [9.17, 15) is 23.2 Å². The van der Waals surface area contributed by atoms with Crippen molar-refractivity contribution in [2.24, 2.45) is 11.3 Å². The van der Waals surface area contributed by atoms with E-state index in [1.165, 1.54) is 6.92 Å². The first-order valence-electron chi connectivity index (χ1n) is 8.64. The molecule has 2 bridgehead atoms. The van der Waals surface area contributed by atoms with Crippen molar-refractivity contribution in [1.82, 2.24) is 0 Å². The molecule has 0 saturated carbocycles. The number of ether oxygens (including phenoxy) is 4. The van der Waals surface area contributed by atoms with Crippen LogP contribution < -0.4 is 0 Å². The van der Waals surface area contributed by atoms with Gasteiger partial charge in [0.15, 0.2) is 18.8 Å². The maximum Gasteiger partial charge on any atom is 0.312 e. The van der Waals surface area contributed by atoms with Gasteiger partial charge in [-0.05, 0) is 19.8 Å². The predicted octanol–water partition coefficient (Wildman–Crippen LogP) is 1.62. The van der Waals surface area contributed by atoms with Gasteiger partial charge in [-0.15, -0.1) is 0 Å². The van der Waals surface area contributed by atoms with Crippen molar-refractivity contribution in [2.75, 3.05) is 6.61 Å². The molecule has 146 valence electrons. The second kappa shape index (κ2) is 6.44. The summed E-state index contributed by atoms with van der Waals surface area (Å²) in [5, 5.41) is 0. The molecule has 9 heteroatoms. The monoisotopic (exact) mass is 376 g/mol. The van der Waals surface area contributed by atoms with Crippen LogP contribution in [0.5, 0.6) is 0 Å². The lowest BCUT2D eigenvalue weighted by molar-refractivity contribution is -0.175. The number of rotatable bonds is 7. The summed E-state index contributed by atoms with van der Waals surface area (Å²) in [5.41, 5.74) is -1.23. The van der Waals surface area contributed by atoms with Gasteiger partial charge in [-0.2, -0.15) is 0 Å². The van der Waals surface area contributed by atoms with Crippen molar-refractivity contribution < 1.29 is 42.1 Å². The Morgan fingerprint density at radius 3 is 2.58 bits per heavy atom. The van der Waals surface area contributed by atoms with Crippen molar-refractivity contribution in [2.45, 2.75) is 70.4 Å². The van der Waals surface area contributed by atoms with Gasteiger partial charge in [-0.1, -0.05) is 6.92 Å². The van der Waals surface area contributed by atoms with E-state index in [1.54, 1.807) is 6.92 Å². The maximum atomic E-state index is 12.8. The van der Waals surface area contributed by atoms with Crippen LogP contribution in [0.15, 0.2) is 0 Å². The highest BCUT2D eigenvalue weighted by Gasteiger charge is 2.65. The van der Waals surface area contributed by atoms with Gasteiger partial charge in [0.1, 0.15) is 6.10 Å². The minimum absolute atomic E-state index is 0.248. The average Bonchev–Trinajstić information content (AvgIpc) is 3.17. The van der Waals surface area contributed by atoms with Gasteiger partial charge in [0.2, 0.25) is 0 Å². The first-order chi connectivity index (χ1) is 12.0. The summed E-state index contributed by atoms with van der Waals surface area (Å²) in [6.45, 7) is 2.79. The van der Waals surface area contributed by atoms with Crippen LogP contribution in [0.4, 0.5) is 8.78 Å². The number of halogens is 2. The third kappa shape index (κ3) is 3.41. The number of alkyl halides is 2. The molecule has 0 radical (unpaired) electrons. The van der Waals surface area contributed by atoms with E-state index in [1.807, 2.05) is 0 Å². The topological polar surface area (TPSA) is 88.1 Å². The zero-order chi connectivity index (χ0) is 19.3. The Labute approximate surface area is 149 Å².